The fraction of sp³-hybridized carbons (Fsp3) is 0.680. The smallest absolute Gasteiger partial charge is 0.230 e. The zero-order chi connectivity index (χ0) is 21.4. The van der Waals surface area contributed by atoms with Crippen molar-refractivity contribution >= 4 is 23.2 Å². The number of aliphatic hydroxyl groups is 1. The molecule has 0 bridgehead atoms. The van der Waals surface area contributed by atoms with Crippen LogP contribution in [0, 0.1) is 5.41 Å². The van der Waals surface area contributed by atoms with E-state index in [2.05, 4.69) is 34.1 Å². The van der Waals surface area contributed by atoms with E-state index in [1.807, 2.05) is 4.90 Å². The van der Waals surface area contributed by atoms with Crippen LogP contribution < -0.4 is 9.80 Å². The molecule has 4 aliphatic rings. The van der Waals surface area contributed by atoms with Crippen molar-refractivity contribution in [2.24, 2.45) is 5.41 Å². The maximum atomic E-state index is 13.5. The van der Waals surface area contributed by atoms with Gasteiger partial charge in [0.05, 0.1) is 11.5 Å². The summed E-state index contributed by atoms with van der Waals surface area (Å²) in [7, 11) is 0. The molecule has 1 atom stereocenters. The SMILES string of the molecule is O=C1CCCCN1c1ccc(N2CCCC3(CCN(C4CCC(O)CC4)C3=O)C2)cc1. The highest BCUT2D eigenvalue weighted by Crippen LogP contribution is 2.43. The number of rotatable bonds is 3. The number of hydrogen-bond acceptors (Lipinski definition) is 4. The Labute approximate surface area is 185 Å². The van der Waals surface area contributed by atoms with Gasteiger partial charge >= 0.3 is 0 Å². The molecule has 1 aromatic carbocycles. The fourth-order valence-corrected chi connectivity index (χ4v) is 6.22. The molecule has 1 spiro atoms. The molecule has 3 heterocycles. The Hall–Kier alpha value is -2.08. The number of hydrogen-bond donors (Lipinski definition) is 1. The first-order valence-electron chi connectivity index (χ1n) is 12.2. The van der Waals surface area contributed by atoms with E-state index in [1.165, 1.54) is 0 Å². The van der Waals surface area contributed by atoms with Gasteiger partial charge in [0.25, 0.3) is 0 Å². The van der Waals surface area contributed by atoms with Gasteiger partial charge in [0.2, 0.25) is 11.8 Å². The normalized spacial score (nSPS) is 32.2. The third kappa shape index (κ3) is 3.95. The monoisotopic (exact) mass is 425 g/mol. The standard InChI is InChI=1S/C25H35N3O3/c29-22-11-9-21(10-12-22)28-17-14-25(24(28)31)13-3-15-26(18-25)19-5-7-20(8-6-19)27-16-2-1-4-23(27)30/h5-8,21-22,29H,1-4,9-18H2. The molecular weight excluding hydrogens is 390 g/mol. The quantitative estimate of drug-likeness (QED) is 0.807. The van der Waals surface area contributed by atoms with Gasteiger partial charge in [-0.1, -0.05) is 0 Å². The molecule has 0 aromatic heterocycles. The third-order valence-corrected chi connectivity index (χ3v) is 8.08. The molecule has 6 heteroatoms. The van der Waals surface area contributed by atoms with Crippen LogP contribution in [-0.2, 0) is 9.59 Å². The number of piperidine rings is 2. The summed E-state index contributed by atoms with van der Waals surface area (Å²) in [6.07, 6.45) is 9.00. The second-order valence-electron chi connectivity index (χ2n) is 10.0. The first-order valence-corrected chi connectivity index (χ1v) is 12.2. The van der Waals surface area contributed by atoms with E-state index in [1.54, 1.807) is 0 Å². The number of aliphatic hydroxyl groups excluding tert-OH is 1. The molecule has 3 saturated heterocycles. The van der Waals surface area contributed by atoms with Gasteiger partial charge in [-0.2, -0.15) is 0 Å². The molecule has 1 unspecified atom stereocenters. The van der Waals surface area contributed by atoms with E-state index in [0.717, 1.165) is 95.3 Å². The highest BCUT2D eigenvalue weighted by atomic mass is 16.3. The molecule has 2 amide bonds. The summed E-state index contributed by atoms with van der Waals surface area (Å²) in [5.74, 6) is 0.567. The van der Waals surface area contributed by atoms with Crippen LogP contribution in [0.3, 0.4) is 0 Å². The summed E-state index contributed by atoms with van der Waals surface area (Å²) < 4.78 is 0. The first-order chi connectivity index (χ1) is 15.1. The zero-order valence-corrected chi connectivity index (χ0v) is 18.5. The van der Waals surface area contributed by atoms with Gasteiger partial charge in [-0.25, -0.2) is 0 Å². The van der Waals surface area contributed by atoms with E-state index in [9.17, 15) is 14.7 Å². The Kier molecular flexibility index (Phi) is 5.67. The molecule has 1 aliphatic carbocycles. The maximum absolute atomic E-state index is 13.5. The molecule has 1 saturated carbocycles. The lowest BCUT2D eigenvalue weighted by Crippen LogP contribution is -2.50. The third-order valence-electron chi connectivity index (χ3n) is 8.08. The van der Waals surface area contributed by atoms with E-state index in [-0.39, 0.29) is 17.4 Å². The lowest BCUT2D eigenvalue weighted by atomic mass is 9.78. The van der Waals surface area contributed by atoms with Crippen molar-refractivity contribution in [3.05, 3.63) is 24.3 Å². The van der Waals surface area contributed by atoms with E-state index in [4.69, 9.17) is 0 Å². The zero-order valence-electron chi connectivity index (χ0n) is 18.5. The van der Waals surface area contributed by atoms with E-state index >= 15 is 0 Å². The molecule has 31 heavy (non-hydrogen) atoms. The molecule has 3 aliphatic heterocycles. The van der Waals surface area contributed by atoms with Crippen molar-refractivity contribution in [3.8, 4) is 0 Å². The molecule has 6 nitrogen and oxygen atoms in total. The Bertz CT molecular complexity index is 818. The largest absolute Gasteiger partial charge is 0.393 e. The summed E-state index contributed by atoms with van der Waals surface area (Å²) in [6, 6.07) is 8.68. The van der Waals surface area contributed by atoms with Crippen LogP contribution in [-0.4, -0.2) is 60.1 Å². The van der Waals surface area contributed by atoms with Crippen molar-refractivity contribution in [1.29, 1.82) is 0 Å². The second kappa shape index (κ2) is 8.45. The number of likely N-dealkylation sites (tertiary alicyclic amines) is 1. The Morgan fingerprint density at radius 2 is 1.58 bits per heavy atom. The summed E-state index contributed by atoms with van der Waals surface area (Å²) in [5, 5.41) is 9.82. The Morgan fingerprint density at radius 1 is 0.839 bits per heavy atom. The fourth-order valence-electron chi connectivity index (χ4n) is 6.22. The predicted molar refractivity (Wildman–Crippen MR) is 121 cm³/mol. The van der Waals surface area contributed by atoms with Gasteiger partial charge in [0, 0.05) is 50.0 Å². The van der Waals surface area contributed by atoms with Crippen LogP contribution in [0.5, 0.6) is 0 Å². The lowest BCUT2D eigenvalue weighted by molar-refractivity contribution is -0.139. The average molecular weight is 426 g/mol. The van der Waals surface area contributed by atoms with Gasteiger partial charge in [-0.3, -0.25) is 9.59 Å². The number of nitrogens with zero attached hydrogens (tertiary/aromatic N) is 3. The number of carbonyl (C=O) groups is 2. The number of benzene rings is 1. The Morgan fingerprint density at radius 3 is 2.32 bits per heavy atom. The van der Waals surface area contributed by atoms with Crippen LogP contribution in [0.2, 0.25) is 0 Å². The number of carbonyl (C=O) groups excluding carboxylic acids is 2. The van der Waals surface area contributed by atoms with Crippen LogP contribution in [0.25, 0.3) is 0 Å². The lowest BCUT2D eigenvalue weighted by Gasteiger charge is -2.41. The van der Waals surface area contributed by atoms with Gasteiger partial charge in [-0.05, 0) is 82.1 Å². The predicted octanol–water partition coefficient (Wildman–Crippen LogP) is 3.33. The van der Waals surface area contributed by atoms with Crippen molar-refractivity contribution in [1.82, 2.24) is 4.90 Å². The minimum absolute atomic E-state index is 0.184. The van der Waals surface area contributed by atoms with Crippen molar-refractivity contribution in [3.63, 3.8) is 0 Å². The van der Waals surface area contributed by atoms with E-state index < -0.39 is 0 Å². The molecular formula is C25H35N3O3. The van der Waals surface area contributed by atoms with Crippen LogP contribution in [0.4, 0.5) is 11.4 Å². The molecule has 5 rings (SSSR count). The van der Waals surface area contributed by atoms with Crippen LogP contribution in [0.1, 0.15) is 64.2 Å². The first kappa shape index (κ1) is 20.8. The van der Waals surface area contributed by atoms with Gasteiger partial charge in [0.15, 0.2) is 0 Å². The molecule has 0 radical (unpaired) electrons. The molecule has 4 fully saturated rings. The summed E-state index contributed by atoms with van der Waals surface area (Å²) in [6.45, 7) is 3.45. The van der Waals surface area contributed by atoms with Gasteiger partial charge in [0.1, 0.15) is 0 Å². The number of anilines is 2. The minimum Gasteiger partial charge on any atom is -0.393 e. The molecule has 1 aromatic rings. The minimum atomic E-state index is -0.254. The maximum Gasteiger partial charge on any atom is 0.230 e. The van der Waals surface area contributed by atoms with Crippen molar-refractivity contribution in [2.75, 3.05) is 36.0 Å². The van der Waals surface area contributed by atoms with Crippen molar-refractivity contribution < 1.29 is 14.7 Å². The highest BCUT2D eigenvalue weighted by Gasteiger charge is 2.50. The Balaban J connectivity index is 1.27. The second-order valence-corrected chi connectivity index (χ2v) is 10.0. The molecule has 168 valence electrons. The summed E-state index contributed by atoms with van der Waals surface area (Å²) in [4.78, 5) is 32.2. The average Bonchev–Trinajstić information content (AvgIpc) is 3.10. The van der Waals surface area contributed by atoms with Gasteiger partial charge in [-0.15, -0.1) is 0 Å². The highest BCUT2D eigenvalue weighted by molar-refractivity contribution is 5.94. The van der Waals surface area contributed by atoms with E-state index in [0.29, 0.717) is 18.4 Å². The summed E-state index contributed by atoms with van der Waals surface area (Å²) in [5.41, 5.74) is 1.89. The summed E-state index contributed by atoms with van der Waals surface area (Å²) >= 11 is 0. The van der Waals surface area contributed by atoms with Crippen molar-refractivity contribution in [2.45, 2.75) is 76.4 Å². The van der Waals surface area contributed by atoms with Crippen LogP contribution in [0.15, 0.2) is 24.3 Å². The van der Waals surface area contributed by atoms with Gasteiger partial charge < -0.3 is 19.8 Å². The molecule has 1 N–H and O–H groups in total. The topological polar surface area (TPSA) is 64.1 Å². The van der Waals surface area contributed by atoms with Crippen LogP contribution >= 0.6 is 0 Å². The number of amides is 2.